The molecule has 0 radical (unpaired) electrons. The van der Waals surface area contributed by atoms with Crippen LogP contribution in [0.1, 0.15) is 11.1 Å². The minimum absolute atomic E-state index is 0.0181. The molecule has 0 saturated heterocycles. The van der Waals surface area contributed by atoms with Crippen molar-refractivity contribution < 1.29 is 9.72 Å². The smallest absolute Gasteiger partial charge is 0.269 e. The van der Waals surface area contributed by atoms with E-state index in [2.05, 4.69) is 11.4 Å². The quantitative estimate of drug-likeness (QED) is 0.191. The van der Waals surface area contributed by atoms with Crippen molar-refractivity contribution in [3.63, 3.8) is 0 Å². The van der Waals surface area contributed by atoms with Crippen LogP contribution in [0.2, 0.25) is 0 Å². The molecule has 0 fully saturated rings. The summed E-state index contributed by atoms with van der Waals surface area (Å²) in [5.74, 6) is -0.291. The number of carbonyl (C=O) groups is 1. The lowest BCUT2D eigenvalue weighted by Gasteiger charge is -2.13. The number of nitriles is 1. The largest absolute Gasteiger partial charge is 0.325 e. The summed E-state index contributed by atoms with van der Waals surface area (Å²) in [6, 6.07) is 27.4. The first-order valence-electron chi connectivity index (χ1n) is 10.7. The molecule has 3 aromatic carbocycles. The highest BCUT2D eigenvalue weighted by molar-refractivity contribution is 8.00. The number of nitro groups is 1. The number of aromatic nitrogens is 1. The summed E-state index contributed by atoms with van der Waals surface area (Å²) in [5.41, 5.74) is 5.17. The molecule has 0 saturated carbocycles. The van der Waals surface area contributed by atoms with Gasteiger partial charge in [0, 0.05) is 28.9 Å². The lowest BCUT2D eigenvalue weighted by atomic mass is 9.98. The highest BCUT2D eigenvalue weighted by Gasteiger charge is 2.17. The molecule has 1 N–H and O–H groups in total. The number of nitrogens with one attached hydrogen (secondary N) is 1. The van der Waals surface area contributed by atoms with Crippen LogP contribution in [-0.4, -0.2) is 21.6 Å². The second kappa shape index (κ2) is 10.6. The number of hydrogen-bond donors (Lipinski definition) is 1. The van der Waals surface area contributed by atoms with E-state index in [1.807, 2.05) is 67.6 Å². The van der Waals surface area contributed by atoms with Gasteiger partial charge in [-0.25, -0.2) is 4.98 Å². The van der Waals surface area contributed by atoms with Crippen LogP contribution in [0.5, 0.6) is 0 Å². The van der Waals surface area contributed by atoms with Gasteiger partial charge in [-0.05, 0) is 30.7 Å². The Balaban J connectivity index is 1.63. The van der Waals surface area contributed by atoms with Gasteiger partial charge in [-0.3, -0.25) is 14.9 Å². The minimum Gasteiger partial charge on any atom is -0.325 e. The fourth-order valence-electron chi connectivity index (χ4n) is 3.45. The van der Waals surface area contributed by atoms with Gasteiger partial charge in [0.05, 0.1) is 21.9 Å². The average molecular weight is 481 g/mol. The van der Waals surface area contributed by atoms with Crippen molar-refractivity contribution in [2.75, 3.05) is 11.1 Å². The number of benzene rings is 3. The number of hydrogen-bond acceptors (Lipinski definition) is 6. The number of anilines is 1. The van der Waals surface area contributed by atoms with Crippen LogP contribution in [0.25, 0.3) is 22.4 Å². The zero-order valence-corrected chi connectivity index (χ0v) is 19.6. The molecular weight excluding hydrogens is 460 g/mol. The van der Waals surface area contributed by atoms with Crippen LogP contribution in [0.15, 0.2) is 90.0 Å². The highest BCUT2D eigenvalue weighted by atomic mass is 32.2. The lowest BCUT2D eigenvalue weighted by molar-refractivity contribution is -0.384. The number of nitrogens with zero attached hydrogens (tertiary/aromatic N) is 3. The molecule has 0 aliphatic heterocycles. The number of thioether (sulfide) groups is 1. The standard InChI is InChI=1S/C27H20N4O3S/c1-18-7-9-19(10-8-18)23-15-25(20-5-3-2-4-6-20)30-27(24(23)16-28)35-17-26(32)29-21-11-13-22(14-12-21)31(33)34/h2-15H,17H2,1H3,(H,29,32). The molecule has 35 heavy (non-hydrogen) atoms. The predicted octanol–water partition coefficient (Wildman–Crippen LogP) is 6.23. The topological polar surface area (TPSA) is 109 Å². The number of aryl methyl sites for hydroxylation is 1. The maximum Gasteiger partial charge on any atom is 0.269 e. The summed E-state index contributed by atoms with van der Waals surface area (Å²) in [5, 5.41) is 24.0. The van der Waals surface area contributed by atoms with Crippen LogP contribution >= 0.6 is 11.8 Å². The van der Waals surface area contributed by atoms with E-state index in [-0.39, 0.29) is 17.3 Å². The molecule has 172 valence electrons. The van der Waals surface area contributed by atoms with E-state index >= 15 is 0 Å². The summed E-state index contributed by atoms with van der Waals surface area (Å²) in [4.78, 5) is 27.6. The first-order chi connectivity index (χ1) is 16.9. The van der Waals surface area contributed by atoms with Crippen LogP contribution in [0, 0.1) is 28.4 Å². The van der Waals surface area contributed by atoms with Gasteiger partial charge in [-0.15, -0.1) is 0 Å². The second-order valence-corrected chi connectivity index (χ2v) is 8.68. The van der Waals surface area contributed by atoms with Gasteiger partial charge in [0.2, 0.25) is 5.91 Å². The van der Waals surface area contributed by atoms with Crippen LogP contribution in [0.3, 0.4) is 0 Å². The molecule has 1 aromatic heterocycles. The molecule has 1 heterocycles. The summed E-state index contributed by atoms with van der Waals surface area (Å²) in [6.07, 6.45) is 0. The van der Waals surface area contributed by atoms with E-state index in [0.29, 0.717) is 22.0 Å². The van der Waals surface area contributed by atoms with E-state index in [1.54, 1.807) is 0 Å². The average Bonchev–Trinajstić information content (AvgIpc) is 2.88. The van der Waals surface area contributed by atoms with E-state index in [1.165, 1.54) is 36.0 Å². The van der Waals surface area contributed by atoms with Gasteiger partial charge in [-0.1, -0.05) is 71.9 Å². The van der Waals surface area contributed by atoms with Crippen LogP contribution in [0.4, 0.5) is 11.4 Å². The first-order valence-corrected chi connectivity index (χ1v) is 11.7. The van der Waals surface area contributed by atoms with Gasteiger partial charge < -0.3 is 5.32 Å². The molecule has 7 nitrogen and oxygen atoms in total. The van der Waals surface area contributed by atoms with E-state index in [4.69, 9.17) is 4.98 Å². The van der Waals surface area contributed by atoms with Crippen molar-refractivity contribution in [1.29, 1.82) is 5.26 Å². The van der Waals surface area contributed by atoms with Crippen molar-refractivity contribution in [3.05, 3.63) is 106 Å². The number of carbonyl (C=O) groups excluding carboxylic acids is 1. The van der Waals surface area contributed by atoms with Crippen molar-refractivity contribution >= 4 is 29.0 Å². The van der Waals surface area contributed by atoms with Gasteiger partial charge in [0.15, 0.2) is 0 Å². The third-order valence-corrected chi connectivity index (χ3v) is 6.21. The van der Waals surface area contributed by atoms with Crippen LogP contribution in [-0.2, 0) is 4.79 Å². The van der Waals surface area contributed by atoms with Gasteiger partial charge in [-0.2, -0.15) is 5.26 Å². The summed E-state index contributed by atoms with van der Waals surface area (Å²) >= 11 is 1.17. The molecule has 4 aromatic rings. The molecule has 0 aliphatic rings. The van der Waals surface area contributed by atoms with Crippen molar-refractivity contribution in [1.82, 2.24) is 4.98 Å². The van der Waals surface area contributed by atoms with Crippen molar-refractivity contribution in [2.45, 2.75) is 11.9 Å². The summed E-state index contributed by atoms with van der Waals surface area (Å²) in [7, 11) is 0. The Hall–Kier alpha value is -4.48. The van der Waals surface area contributed by atoms with Crippen molar-refractivity contribution in [3.8, 4) is 28.5 Å². The number of pyridine rings is 1. The predicted molar refractivity (Wildman–Crippen MR) is 137 cm³/mol. The highest BCUT2D eigenvalue weighted by Crippen LogP contribution is 2.34. The minimum atomic E-state index is -0.498. The monoisotopic (exact) mass is 480 g/mol. The maximum atomic E-state index is 12.6. The van der Waals surface area contributed by atoms with Gasteiger partial charge in [0.1, 0.15) is 11.1 Å². The SMILES string of the molecule is Cc1ccc(-c2cc(-c3ccccc3)nc(SCC(=O)Nc3ccc([N+](=O)[O-])cc3)c2C#N)cc1. The second-order valence-electron chi connectivity index (χ2n) is 7.72. The normalized spacial score (nSPS) is 10.4. The maximum absolute atomic E-state index is 12.6. The molecule has 0 spiro atoms. The molecule has 0 unspecified atom stereocenters. The Bertz CT molecular complexity index is 1410. The molecule has 0 bridgehead atoms. The zero-order valence-electron chi connectivity index (χ0n) is 18.8. The van der Waals surface area contributed by atoms with E-state index < -0.39 is 4.92 Å². The Morgan fingerprint density at radius 1 is 1.03 bits per heavy atom. The summed E-state index contributed by atoms with van der Waals surface area (Å²) < 4.78 is 0. The molecule has 0 atom stereocenters. The molecular formula is C27H20N4O3S. The van der Waals surface area contributed by atoms with E-state index in [9.17, 15) is 20.2 Å². The number of nitro benzene ring substituents is 1. The molecule has 8 heteroatoms. The van der Waals surface area contributed by atoms with Gasteiger partial charge >= 0.3 is 0 Å². The molecule has 0 aliphatic carbocycles. The molecule has 1 amide bonds. The Morgan fingerprint density at radius 2 is 1.71 bits per heavy atom. The third-order valence-electron chi connectivity index (χ3n) is 5.23. The Morgan fingerprint density at radius 3 is 2.34 bits per heavy atom. The van der Waals surface area contributed by atoms with E-state index in [0.717, 1.165) is 22.3 Å². The Kier molecular flexibility index (Phi) is 7.19. The summed E-state index contributed by atoms with van der Waals surface area (Å²) in [6.45, 7) is 2.00. The Labute approximate surface area is 206 Å². The third kappa shape index (κ3) is 5.72. The van der Waals surface area contributed by atoms with Crippen LogP contribution < -0.4 is 5.32 Å². The number of rotatable bonds is 7. The fourth-order valence-corrected chi connectivity index (χ4v) is 4.25. The number of non-ortho nitro benzene ring substituents is 1. The number of amides is 1. The molecule has 4 rings (SSSR count). The van der Waals surface area contributed by atoms with Gasteiger partial charge in [0.25, 0.3) is 5.69 Å². The fraction of sp³-hybridized carbons (Fsp3) is 0.0741. The zero-order chi connectivity index (χ0) is 24.8. The first kappa shape index (κ1) is 23.7. The lowest BCUT2D eigenvalue weighted by Crippen LogP contribution is -2.14. The van der Waals surface area contributed by atoms with Crippen molar-refractivity contribution in [2.24, 2.45) is 0 Å².